The van der Waals surface area contributed by atoms with Gasteiger partial charge in [0.2, 0.25) is 5.91 Å². The normalized spacial score (nSPS) is 22.1. The number of hydrogen-bond donors (Lipinski definition) is 1. The summed E-state index contributed by atoms with van der Waals surface area (Å²) in [6, 6.07) is 4.11. The number of hydrogen-bond acceptors (Lipinski definition) is 4. The van der Waals surface area contributed by atoms with E-state index in [9.17, 15) is 4.79 Å². The van der Waals surface area contributed by atoms with Gasteiger partial charge >= 0.3 is 0 Å². The summed E-state index contributed by atoms with van der Waals surface area (Å²) in [6.07, 6.45) is 1.99. The SMILES string of the molecule is O=C(NCCN1CCOCC1)C1(c2cccs2)CC1. The molecule has 0 atom stereocenters. The molecule has 2 heterocycles. The third-order valence-electron chi connectivity index (χ3n) is 3.99. The van der Waals surface area contributed by atoms with Gasteiger partial charge in [0.15, 0.2) is 0 Å². The van der Waals surface area contributed by atoms with Crippen molar-refractivity contribution in [3.05, 3.63) is 22.4 Å². The van der Waals surface area contributed by atoms with Crippen molar-refractivity contribution >= 4 is 17.2 Å². The van der Waals surface area contributed by atoms with Crippen LogP contribution < -0.4 is 5.32 Å². The van der Waals surface area contributed by atoms with Crippen LogP contribution in [-0.2, 0) is 14.9 Å². The topological polar surface area (TPSA) is 41.6 Å². The molecule has 1 N–H and O–H groups in total. The Morgan fingerprint density at radius 1 is 1.42 bits per heavy atom. The Morgan fingerprint density at radius 2 is 2.21 bits per heavy atom. The number of thiophene rings is 1. The van der Waals surface area contributed by atoms with Crippen molar-refractivity contribution in [2.24, 2.45) is 0 Å². The Balaban J connectivity index is 1.46. The first-order valence-electron chi connectivity index (χ1n) is 6.94. The summed E-state index contributed by atoms with van der Waals surface area (Å²) in [5.41, 5.74) is -0.195. The lowest BCUT2D eigenvalue weighted by molar-refractivity contribution is -0.123. The summed E-state index contributed by atoms with van der Waals surface area (Å²) in [5, 5.41) is 5.16. The molecule has 2 fully saturated rings. The third-order valence-corrected chi connectivity index (χ3v) is 5.07. The number of amides is 1. The van der Waals surface area contributed by atoms with Crippen LogP contribution in [0.5, 0.6) is 0 Å². The Bertz CT molecular complexity index is 423. The summed E-state index contributed by atoms with van der Waals surface area (Å²) in [7, 11) is 0. The van der Waals surface area contributed by atoms with Crippen molar-refractivity contribution in [3.8, 4) is 0 Å². The maximum Gasteiger partial charge on any atom is 0.231 e. The van der Waals surface area contributed by atoms with Gasteiger partial charge in [-0.3, -0.25) is 9.69 Å². The molecule has 0 spiro atoms. The van der Waals surface area contributed by atoms with E-state index in [-0.39, 0.29) is 11.3 Å². The second-order valence-electron chi connectivity index (χ2n) is 5.27. The first kappa shape index (κ1) is 13.1. The lowest BCUT2D eigenvalue weighted by Gasteiger charge is -2.26. The minimum absolute atomic E-state index is 0.195. The van der Waals surface area contributed by atoms with E-state index in [2.05, 4.69) is 21.7 Å². The Kier molecular flexibility index (Phi) is 3.86. The molecule has 1 saturated carbocycles. The van der Waals surface area contributed by atoms with Crippen LogP contribution in [0, 0.1) is 0 Å². The molecule has 19 heavy (non-hydrogen) atoms. The van der Waals surface area contributed by atoms with E-state index in [1.807, 2.05) is 6.07 Å². The summed E-state index contributed by atoms with van der Waals surface area (Å²) >= 11 is 1.69. The molecule has 1 aromatic rings. The number of rotatable bonds is 5. The zero-order valence-corrected chi connectivity index (χ0v) is 11.9. The van der Waals surface area contributed by atoms with Crippen LogP contribution in [0.1, 0.15) is 17.7 Å². The number of carbonyl (C=O) groups is 1. The molecular formula is C14H20N2O2S. The van der Waals surface area contributed by atoms with Crippen molar-refractivity contribution < 1.29 is 9.53 Å². The highest BCUT2D eigenvalue weighted by Crippen LogP contribution is 2.50. The molecule has 0 aromatic carbocycles. The van der Waals surface area contributed by atoms with Crippen LogP contribution in [-0.4, -0.2) is 50.2 Å². The van der Waals surface area contributed by atoms with Gasteiger partial charge in [-0.2, -0.15) is 0 Å². The lowest BCUT2D eigenvalue weighted by Crippen LogP contribution is -2.43. The molecule has 1 aliphatic heterocycles. The Hall–Kier alpha value is -0.910. The molecule has 3 rings (SSSR count). The fourth-order valence-electron chi connectivity index (χ4n) is 2.58. The molecule has 4 nitrogen and oxygen atoms in total. The van der Waals surface area contributed by atoms with Crippen molar-refractivity contribution in [1.29, 1.82) is 0 Å². The summed E-state index contributed by atoms with van der Waals surface area (Å²) < 4.78 is 5.31. The standard InChI is InChI=1S/C14H20N2O2S/c17-13(14(3-4-14)12-2-1-11-19-12)15-5-6-16-7-9-18-10-8-16/h1-2,11H,3-10H2,(H,15,17). The molecule has 0 radical (unpaired) electrons. The van der Waals surface area contributed by atoms with Gasteiger partial charge in [0.25, 0.3) is 0 Å². The number of carbonyl (C=O) groups excluding carboxylic acids is 1. The van der Waals surface area contributed by atoms with E-state index >= 15 is 0 Å². The number of ether oxygens (including phenoxy) is 1. The second-order valence-corrected chi connectivity index (χ2v) is 6.22. The number of nitrogens with zero attached hydrogens (tertiary/aromatic N) is 1. The van der Waals surface area contributed by atoms with E-state index in [0.29, 0.717) is 0 Å². The van der Waals surface area contributed by atoms with E-state index in [0.717, 1.165) is 52.2 Å². The Labute approximate surface area is 117 Å². The summed E-state index contributed by atoms with van der Waals surface area (Å²) in [4.78, 5) is 15.9. The van der Waals surface area contributed by atoms with Crippen molar-refractivity contribution in [2.75, 3.05) is 39.4 Å². The van der Waals surface area contributed by atoms with Gasteiger partial charge in [0.1, 0.15) is 0 Å². The fraction of sp³-hybridized carbons (Fsp3) is 0.643. The van der Waals surface area contributed by atoms with Crippen LogP contribution in [0.15, 0.2) is 17.5 Å². The smallest absolute Gasteiger partial charge is 0.231 e. The lowest BCUT2D eigenvalue weighted by atomic mass is 10.0. The van der Waals surface area contributed by atoms with Gasteiger partial charge in [-0.05, 0) is 24.3 Å². The average Bonchev–Trinajstić information content (AvgIpc) is 3.07. The van der Waals surface area contributed by atoms with Gasteiger partial charge in [0, 0.05) is 31.1 Å². The first-order chi connectivity index (χ1) is 9.31. The fourth-order valence-corrected chi connectivity index (χ4v) is 3.57. The van der Waals surface area contributed by atoms with E-state index < -0.39 is 0 Å². The van der Waals surface area contributed by atoms with E-state index in [1.54, 1.807) is 11.3 Å². The zero-order chi connectivity index (χ0) is 13.1. The molecular weight excluding hydrogens is 260 g/mol. The molecule has 1 saturated heterocycles. The molecule has 1 aliphatic carbocycles. The summed E-state index contributed by atoms with van der Waals surface area (Å²) in [5.74, 6) is 0.211. The predicted molar refractivity (Wildman–Crippen MR) is 75.5 cm³/mol. The van der Waals surface area contributed by atoms with Gasteiger partial charge in [0.05, 0.1) is 18.6 Å². The third kappa shape index (κ3) is 2.83. The van der Waals surface area contributed by atoms with Crippen LogP contribution >= 0.6 is 11.3 Å². The first-order valence-corrected chi connectivity index (χ1v) is 7.82. The monoisotopic (exact) mass is 280 g/mol. The highest BCUT2D eigenvalue weighted by atomic mass is 32.1. The maximum absolute atomic E-state index is 12.3. The largest absolute Gasteiger partial charge is 0.379 e. The zero-order valence-electron chi connectivity index (χ0n) is 11.1. The molecule has 1 amide bonds. The minimum atomic E-state index is -0.195. The van der Waals surface area contributed by atoms with Crippen LogP contribution in [0.2, 0.25) is 0 Å². The van der Waals surface area contributed by atoms with Crippen LogP contribution in [0.25, 0.3) is 0 Å². The summed E-state index contributed by atoms with van der Waals surface area (Å²) in [6.45, 7) is 5.25. The Morgan fingerprint density at radius 3 is 2.84 bits per heavy atom. The number of morpholine rings is 1. The molecule has 1 aromatic heterocycles. The van der Waals surface area contributed by atoms with Crippen molar-refractivity contribution in [3.63, 3.8) is 0 Å². The second kappa shape index (κ2) is 5.61. The minimum Gasteiger partial charge on any atom is -0.379 e. The molecule has 2 aliphatic rings. The van der Waals surface area contributed by atoms with Gasteiger partial charge in [-0.1, -0.05) is 6.07 Å². The highest BCUT2D eigenvalue weighted by Gasteiger charge is 2.51. The van der Waals surface area contributed by atoms with Crippen molar-refractivity contribution in [2.45, 2.75) is 18.3 Å². The number of nitrogens with one attached hydrogen (secondary N) is 1. The highest BCUT2D eigenvalue weighted by molar-refractivity contribution is 7.10. The van der Waals surface area contributed by atoms with Crippen LogP contribution in [0.4, 0.5) is 0 Å². The molecule has 0 unspecified atom stereocenters. The quantitative estimate of drug-likeness (QED) is 0.882. The molecule has 104 valence electrons. The maximum atomic E-state index is 12.3. The molecule has 0 bridgehead atoms. The molecule has 5 heteroatoms. The van der Waals surface area contributed by atoms with Gasteiger partial charge in [-0.25, -0.2) is 0 Å². The predicted octanol–water partition coefficient (Wildman–Crippen LogP) is 1.23. The van der Waals surface area contributed by atoms with Gasteiger partial charge < -0.3 is 10.1 Å². The average molecular weight is 280 g/mol. The van der Waals surface area contributed by atoms with E-state index in [4.69, 9.17) is 4.74 Å². The van der Waals surface area contributed by atoms with E-state index in [1.165, 1.54) is 4.88 Å². The van der Waals surface area contributed by atoms with Crippen LogP contribution in [0.3, 0.4) is 0 Å². The van der Waals surface area contributed by atoms with Gasteiger partial charge in [-0.15, -0.1) is 11.3 Å². The van der Waals surface area contributed by atoms with Crippen molar-refractivity contribution in [1.82, 2.24) is 10.2 Å².